The molecule has 0 atom stereocenters. The van der Waals surface area contributed by atoms with Crippen molar-refractivity contribution in [1.82, 2.24) is 9.88 Å². The average molecular weight is 481 g/mol. The summed E-state index contributed by atoms with van der Waals surface area (Å²) in [6, 6.07) is 11.8. The number of amides is 4. The SMILES string of the molecule is CC1(C)C(=O)N(c2ccc(C#N)c(C(F)(F)F)c2)C(=O)N1CC(=O)Nc1cccc2cccnc12. The molecule has 0 spiro atoms. The Morgan fingerprint density at radius 1 is 1.14 bits per heavy atom. The number of alkyl halides is 3. The first-order chi connectivity index (χ1) is 16.4. The van der Waals surface area contributed by atoms with Gasteiger partial charge in [-0.1, -0.05) is 18.2 Å². The van der Waals surface area contributed by atoms with Crippen LogP contribution in [-0.2, 0) is 15.8 Å². The fraction of sp³-hybridized carbons (Fsp3) is 0.208. The fourth-order valence-electron chi connectivity index (χ4n) is 3.87. The van der Waals surface area contributed by atoms with E-state index < -0.39 is 47.2 Å². The second kappa shape index (κ2) is 8.39. The minimum absolute atomic E-state index is 0.347. The van der Waals surface area contributed by atoms with Crippen molar-refractivity contribution in [3.05, 3.63) is 65.9 Å². The molecule has 1 aromatic heterocycles. The summed E-state index contributed by atoms with van der Waals surface area (Å²) in [7, 11) is 0. The maximum atomic E-state index is 13.4. The van der Waals surface area contributed by atoms with Crippen LogP contribution in [0.15, 0.2) is 54.7 Å². The molecular formula is C24H18F3N5O3. The Morgan fingerprint density at radius 3 is 2.54 bits per heavy atom. The highest BCUT2D eigenvalue weighted by atomic mass is 19.4. The molecule has 8 nitrogen and oxygen atoms in total. The van der Waals surface area contributed by atoms with Gasteiger partial charge in [-0.3, -0.25) is 14.6 Å². The van der Waals surface area contributed by atoms with Crippen molar-refractivity contribution >= 4 is 40.1 Å². The normalized spacial score (nSPS) is 15.4. The number of pyridine rings is 1. The number of hydrogen-bond donors (Lipinski definition) is 1. The standard InChI is InChI=1S/C24H18F3N5O3/c1-23(2)21(34)32(16-9-8-15(12-28)17(11-16)24(25,26)27)22(35)31(23)13-19(33)30-18-7-3-5-14-6-4-10-29-20(14)18/h3-11H,13H2,1-2H3,(H,30,33). The predicted molar refractivity (Wildman–Crippen MR) is 120 cm³/mol. The van der Waals surface area contributed by atoms with Crippen molar-refractivity contribution < 1.29 is 27.6 Å². The highest BCUT2D eigenvalue weighted by Gasteiger charge is 2.52. The van der Waals surface area contributed by atoms with Crippen LogP contribution < -0.4 is 10.2 Å². The number of benzene rings is 2. The highest BCUT2D eigenvalue weighted by molar-refractivity contribution is 6.23. The highest BCUT2D eigenvalue weighted by Crippen LogP contribution is 2.37. The van der Waals surface area contributed by atoms with E-state index in [1.165, 1.54) is 19.9 Å². The number of carbonyl (C=O) groups is 3. The largest absolute Gasteiger partial charge is 0.417 e. The number of urea groups is 1. The molecule has 1 saturated heterocycles. The van der Waals surface area contributed by atoms with Crippen LogP contribution in [0.5, 0.6) is 0 Å². The molecule has 4 amide bonds. The summed E-state index contributed by atoms with van der Waals surface area (Å²) in [6.07, 6.45) is -3.30. The number of hydrogen-bond acceptors (Lipinski definition) is 5. The van der Waals surface area contributed by atoms with Gasteiger partial charge in [-0.25, -0.2) is 9.69 Å². The van der Waals surface area contributed by atoms with Crippen LogP contribution in [0.3, 0.4) is 0 Å². The van der Waals surface area contributed by atoms with Gasteiger partial charge in [-0.05, 0) is 44.2 Å². The minimum Gasteiger partial charge on any atom is -0.323 e. The molecule has 3 aromatic rings. The Hall–Kier alpha value is -4.46. The quantitative estimate of drug-likeness (QED) is 0.559. The van der Waals surface area contributed by atoms with Gasteiger partial charge in [0.1, 0.15) is 12.1 Å². The lowest BCUT2D eigenvalue weighted by molar-refractivity contribution is -0.137. The van der Waals surface area contributed by atoms with Crippen molar-refractivity contribution in [2.24, 2.45) is 0 Å². The van der Waals surface area contributed by atoms with Gasteiger partial charge < -0.3 is 10.2 Å². The molecule has 0 unspecified atom stereocenters. The first-order valence-corrected chi connectivity index (χ1v) is 10.4. The molecule has 4 rings (SSSR count). The summed E-state index contributed by atoms with van der Waals surface area (Å²) in [6.45, 7) is 2.27. The Bertz CT molecular complexity index is 1410. The Labute approximate surface area is 197 Å². The van der Waals surface area contributed by atoms with Crippen LogP contribution >= 0.6 is 0 Å². The van der Waals surface area contributed by atoms with Gasteiger partial charge >= 0.3 is 12.2 Å². The van der Waals surface area contributed by atoms with E-state index in [1.54, 1.807) is 24.4 Å². The number of rotatable bonds is 4. The topological polar surface area (TPSA) is 106 Å². The second-order valence-corrected chi connectivity index (χ2v) is 8.34. The zero-order valence-corrected chi connectivity index (χ0v) is 18.6. The summed E-state index contributed by atoms with van der Waals surface area (Å²) < 4.78 is 40.2. The van der Waals surface area contributed by atoms with E-state index in [4.69, 9.17) is 5.26 Å². The molecule has 0 aliphatic carbocycles. The van der Waals surface area contributed by atoms with Gasteiger partial charge in [0, 0.05) is 11.6 Å². The summed E-state index contributed by atoms with van der Waals surface area (Å²) in [4.78, 5) is 44.8. The van der Waals surface area contributed by atoms with Crippen molar-refractivity contribution in [2.75, 3.05) is 16.8 Å². The average Bonchev–Trinajstić information content (AvgIpc) is 2.97. The van der Waals surface area contributed by atoms with E-state index in [0.717, 1.165) is 22.4 Å². The molecule has 178 valence electrons. The molecule has 1 fully saturated rings. The van der Waals surface area contributed by atoms with Crippen LogP contribution in [0.25, 0.3) is 10.9 Å². The van der Waals surface area contributed by atoms with E-state index in [1.807, 2.05) is 12.1 Å². The third-order valence-electron chi connectivity index (χ3n) is 5.72. The molecule has 0 bridgehead atoms. The lowest BCUT2D eigenvalue weighted by Crippen LogP contribution is -2.47. The second-order valence-electron chi connectivity index (χ2n) is 8.34. The Morgan fingerprint density at radius 2 is 1.86 bits per heavy atom. The number of imide groups is 1. The van der Waals surface area contributed by atoms with Crippen LogP contribution in [0.1, 0.15) is 25.0 Å². The van der Waals surface area contributed by atoms with Crippen molar-refractivity contribution in [3.8, 4) is 6.07 Å². The molecule has 1 aliphatic rings. The smallest absolute Gasteiger partial charge is 0.323 e. The van der Waals surface area contributed by atoms with Gasteiger partial charge in [-0.2, -0.15) is 18.4 Å². The first kappa shape index (κ1) is 23.7. The minimum atomic E-state index is -4.87. The van der Waals surface area contributed by atoms with E-state index in [0.29, 0.717) is 22.2 Å². The van der Waals surface area contributed by atoms with E-state index in [9.17, 15) is 27.6 Å². The molecule has 35 heavy (non-hydrogen) atoms. The molecule has 0 saturated carbocycles. The number of nitrogens with one attached hydrogen (secondary N) is 1. The van der Waals surface area contributed by atoms with Crippen LogP contribution in [-0.4, -0.2) is 39.8 Å². The first-order valence-electron chi connectivity index (χ1n) is 10.4. The third-order valence-corrected chi connectivity index (χ3v) is 5.72. The maximum Gasteiger partial charge on any atom is 0.417 e. The zero-order valence-electron chi connectivity index (χ0n) is 18.6. The van der Waals surface area contributed by atoms with Gasteiger partial charge in [-0.15, -0.1) is 0 Å². The van der Waals surface area contributed by atoms with Gasteiger partial charge in [0.25, 0.3) is 5.91 Å². The fourth-order valence-corrected chi connectivity index (χ4v) is 3.87. The monoisotopic (exact) mass is 481 g/mol. The lowest BCUT2D eigenvalue weighted by Gasteiger charge is -2.27. The molecule has 0 radical (unpaired) electrons. The van der Waals surface area contributed by atoms with E-state index in [-0.39, 0.29) is 5.69 Å². The number of anilines is 2. The Balaban J connectivity index is 1.62. The summed E-state index contributed by atoms with van der Waals surface area (Å²) in [5.74, 6) is -1.42. The van der Waals surface area contributed by atoms with Crippen molar-refractivity contribution in [3.63, 3.8) is 0 Å². The van der Waals surface area contributed by atoms with Gasteiger partial charge in [0.15, 0.2) is 0 Å². The molecule has 2 aromatic carbocycles. The van der Waals surface area contributed by atoms with Crippen molar-refractivity contribution in [2.45, 2.75) is 25.6 Å². The number of aromatic nitrogens is 1. The molecule has 2 heterocycles. The number of nitrogens with zero attached hydrogens (tertiary/aromatic N) is 4. The van der Waals surface area contributed by atoms with Crippen LogP contribution in [0, 0.1) is 11.3 Å². The van der Waals surface area contributed by atoms with Crippen molar-refractivity contribution in [1.29, 1.82) is 5.26 Å². The van der Waals surface area contributed by atoms with Crippen LogP contribution in [0.2, 0.25) is 0 Å². The number of fused-ring (bicyclic) bond motifs is 1. The molecule has 11 heteroatoms. The molecule has 1 N–H and O–H groups in total. The lowest BCUT2D eigenvalue weighted by atomic mass is 10.0. The Kier molecular flexibility index (Phi) is 5.68. The predicted octanol–water partition coefficient (Wildman–Crippen LogP) is 4.31. The van der Waals surface area contributed by atoms with Gasteiger partial charge in [0.05, 0.1) is 34.1 Å². The summed E-state index contributed by atoms with van der Waals surface area (Å²) in [5.41, 5.74) is -2.83. The zero-order chi connectivity index (χ0) is 25.5. The van der Waals surface area contributed by atoms with Gasteiger partial charge in [0.2, 0.25) is 5.91 Å². The third kappa shape index (κ3) is 4.14. The van der Waals surface area contributed by atoms with Crippen LogP contribution in [0.4, 0.5) is 29.3 Å². The number of nitriles is 1. The summed E-state index contributed by atoms with van der Waals surface area (Å²) in [5, 5.41) is 12.5. The maximum absolute atomic E-state index is 13.4. The molecule has 1 aliphatic heterocycles. The number of carbonyl (C=O) groups excluding carboxylic acids is 3. The van der Waals surface area contributed by atoms with E-state index in [2.05, 4.69) is 10.3 Å². The summed E-state index contributed by atoms with van der Waals surface area (Å²) >= 11 is 0. The number of para-hydroxylation sites is 1. The van der Waals surface area contributed by atoms with E-state index >= 15 is 0 Å². The molecular weight excluding hydrogens is 463 g/mol. The number of halogens is 3.